The molecule has 1 fully saturated rings. The number of methoxy groups -OCH3 is 1. The predicted octanol–water partition coefficient (Wildman–Crippen LogP) is 10.5. The van der Waals surface area contributed by atoms with Gasteiger partial charge in [-0.05, 0) is 124 Å². The molecule has 1 heterocycles. The third-order valence-corrected chi connectivity index (χ3v) is 12.7. The van der Waals surface area contributed by atoms with Crippen molar-refractivity contribution < 1.29 is 48.3 Å². The molecule has 2 aliphatic carbocycles. The summed E-state index contributed by atoms with van der Waals surface area (Å²) >= 11 is 0. The topological polar surface area (TPSA) is 146 Å². The van der Waals surface area contributed by atoms with E-state index in [9.17, 15) is 19.8 Å². The molecule has 0 saturated heterocycles. The molecule has 346 valence electrons. The maximum Gasteiger partial charge on any atom is 0.410 e. The Morgan fingerprint density at radius 2 is 1.71 bits per heavy atom. The minimum atomic E-state index is -1.49. The van der Waals surface area contributed by atoms with E-state index in [0.29, 0.717) is 47.1 Å². The molecule has 12 heteroatoms. The number of hydrogen-bond donors (Lipinski definition) is 2. The van der Waals surface area contributed by atoms with E-state index in [1.165, 1.54) is 7.11 Å². The van der Waals surface area contributed by atoms with Crippen LogP contribution in [0.4, 0.5) is 4.79 Å². The van der Waals surface area contributed by atoms with Gasteiger partial charge in [0.15, 0.2) is 6.29 Å². The number of carbonyl (C=O) groups excluding carboxylic acids is 2. The molecule has 0 aromatic heterocycles. The van der Waals surface area contributed by atoms with E-state index in [0.717, 1.165) is 59.4 Å². The zero-order valence-electron chi connectivity index (χ0n) is 38.4. The average molecular weight is 889 g/mol. The first kappa shape index (κ1) is 47.3. The summed E-state index contributed by atoms with van der Waals surface area (Å²) < 4.78 is 32.4. The maximum absolute atomic E-state index is 14.7. The minimum absolute atomic E-state index is 0.00102. The van der Waals surface area contributed by atoms with E-state index in [1.54, 1.807) is 36.1 Å². The fourth-order valence-corrected chi connectivity index (χ4v) is 10.0. The molecule has 65 heavy (non-hydrogen) atoms. The number of aliphatic hydroxyl groups excluding tert-OH is 2. The fraction of sp³-hybridized carbons (Fsp3) is 0.453. The van der Waals surface area contributed by atoms with Crippen LogP contribution in [0, 0.1) is 17.8 Å². The van der Waals surface area contributed by atoms with Gasteiger partial charge in [-0.1, -0.05) is 72.6 Å². The number of benzene rings is 4. The van der Waals surface area contributed by atoms with Gasteiger partial charge in [0.25, 0.3) is 0 Å². The number of aliphatic hydroxyl groups is 2. The fourth-order valence-electron chi connectivity index (χ4n) is 10.0. The molecule has 0 spiro atoms. The van der Waals surface area contributed by atoms with Crippen LogP contribution in [0.5, 0.6) is 23.0 Å². The Labute approximate surface area is 382 Å². The van der Waals surface area contributed by atoms with E-state index in [4.69, 9.17) is 33.7 Å². The Kier molecular flexibility index (Phi) is 15.3. The first-order valence-electron chi connectivity index (χ1n) is 23.0. The number of aldehydes is 1. The molecule has 1 amide bonds. The molecule has 6 atom stereocenters. The van der Waals surface area contributed by atoms with Crippen molar-refractivity contribution in [3.8, 4) is 23.0 Å². The highest BCUT2D eigenvalue weighted by atomic mass is 16.7. The van der Waals surface area contributed by atoms with E-state index in [2.05, 4.69) is 30.9 Å². The van der Waals surface area contributed by atoms with E-state index in [1.807, 2.05) is 63.2 Å². The molecule has 6 unspecified atom stereocenters. The number of ether oxygens (including phenoxy) is 5. The molecule has 2 N–H and O–H groups in total. The highest BCUT2D eigenvalue weighted by Gasteiger charge is 2.66. The zero-order chi connectivity index (χ0) is 46.1. The molecule has 4 aromatic carbocycles. The molecular weight excluding hydrogens is 825 g/mol. The van der Waals surface area contributed by atoms with E-state index >= 15 is 0 Å². The van der Waals surface area contributed by atoms with Crippen LogP contribution in [0.2, 0.25) is 0 Å². The Morgan fingerprint density at radius 3 is 2.43 bits per heavy atom. The van der Waals surface area contributed by atoms with Crippen LogP contribution in [0.15, 0.2) is 108 Å². The second-order valence-electron chi connectivity index (χ2n) is 18.1. The van der Waals surface area contributed by atoms with Crippen LogP contribution >= 0.6 is 0 Å². The van der Waals surface area contributed by atoms with Gasteiger partial charge in [0.05, 0.1) is 44.1 Å². The van der Waals surface area contributed by atoms with Gasteiger partial charge in [-0.3, -0.25) is 9.69 Å². The van der Waals surface area contributed by atoms with Gasteiger partial charge < -0.3 is 38.7 Å². The third-order valence-electron chi connectivity index (χ3n) is 12.7. The maximum atomic E-state index is 14.7. The first-order valence-corrected chi connectivity index (χ1v) is 23.0. The summed E-state index contributed by atoms with van der Waals surface area (Å²) in [5, 5.41) is 27.0. The molecule has 12 nitrogen and oxygen atoms in total. The Hall–Kier alpha value is -5.69. The quantitative estimate of drug-likeness (QED) is 0.0381. The van der Waals surface area contributed by atoms with Crippen LogP contribution in [0.1, 0.15) is 100 Å². The number of hydrogen-bond acceptors (Lipinski definition) is 11. The lowest BCUT2D eigenvalue weighted by Crippen LogP contribution is -2.70. The van der Waals surface area contributed by atoms with Gasteiger partial charge in [-0.25, -0.2) is 4.79 Å². The Balaban J connectivity index is 1.48. The lowest BCUT2D eigenvalue weighted by Gasteiger charge is -2.60. The predicted molar refractivity (Wildman–Crippen MR) is 251 cm³/mol. The van der Waals surface area contributed by atoms with Gasteiger partial charge in [0, 0.05) is 31.1 Å². The number of allylic oxidation sites excluding steroid dienone is 1. The van der Waals surface area contributed by atoms with Crippen molar-refractivity contribution in [2.45, 2.75) is 103 Å². The lowest BCUT2D eigenvalue weighted by molar-refractivity contribution is -0.256. The summed E-state index contributed by atoms with van der Waals surface area (Å²) in [5.74, 6) is -0.244. The zero-order valence-corrected chi connectivity index (χ0v) is 38.4. The molecule has 3 aliphatic rings. The number of nitrogens with zero attached hydrogens (tertiary/aromatic N) is 2. The molecular formula is C53H64N2O10. The number of amides is 1. The normalized spacial score (nSPS) is 22.8. The highest BCUT2D eigenvalue weighted by molar-refractivity contribution is 6.03. The van der Waals surface area contributed by atoms with Crippen molar-refractivity contribution in [1.29, 1.82) is 0 Å². The SMILES string of the molecule is C=CCOC12Oc3ccc(Oc4ccc(OC)c(C=O)c4)cc3C3C(CCCCO)C(CCCCO)C=C(C(=NOC(C)(C)C)CC1N(Cc1cccc4ccccc14)C(=O)OCC)C32. The van der Waals surface area contributed by atoms with Crippen molar-refractivity contribution in [2.24, 2.45) is 22.9 Å². The van der Waals surface area contributed by atoms with Crippen LogP contribution < -0.4 is 14.2 Å². The second-order valence-corrected chi connectivity index (χ2v) is 18.1. The standard InChI is InChI=1S/C53H64N2O10/c1-7-28-62-53-48(55(51(59)61-8-2)33-37-19-15-18-35-16-9-10-20-41(35)37)32-45(54-65-52(3,4)5)43-30-36(17-11-13-26-56)42(21-12-14-27-57)49(50(43)53)44-31-40(23-25-47(44)64-53)63-39-22-24-46(60-6)38(29-39)34-58/h7,9-10,15-16,18-20,22-25,29-31,34,36,42,48-50,56-57H,1,8,11-14,17,21,26-28,32-33H2,2-6H3. The number of carbonyl (C=O) groups is 2. The molecule has 0 bridgehead atoms. The number of fused-ring (bicyclic) bond motifs is 3. The second kappa shape index (κ2) is 21.1. The van der Waals surface area contributed by atoms with Gasteiger partial charge >= 0.3 is 6.09 Å². The van der Waals surface area contributed by atoms with Crippen molar-refractivity contribution in [3.05, 3.63) is 120 Å². The Bertz CT molecular complexity index is 2360. The third kappa shape index (κ3) is 10.2. The van der Waals surface area contributed by atoms with E-state index in [-0.39, 0.29) is 57.1 Å². The molecule has 1 aliphatic heterocycles. The summed E-state index contributed by atoms with van der Waals surface area (Å²) in [6, 6.07) is 24.3. The van der Waals surface area contributed by atoms with Crippen molar-refractivity contribution >= 4 is 28.9 Å². The smallest absolute Gasteiger partial charge is 0.410 e. The molecule has 4 aromatic rings. The van der Waals surface area contributed by atoms with Crippen LogP contribution in [-0.2, 0) is 20.9 Å². The lowest BCUT2D eigenvalue weighted by atomic mass is 9.55. The van der Waals surface area contributed by atoms with Crippen molar-refractivity contribution in [3.63, 3.8) is 0 Å². The van der Waals surface area contributed by atoms with Crippen LogP contribution in [-0.4, -0.2) is 84.2 Å². The largest absolute Gasteiger partial charge is 0.496 e. The Morgan fingerprint density at radius 1 is 0.969 bits per heavy atom. The van der Waals surface area contributed by atoms with Gasteiger partial charge in [0.2, 0.25) is 5.79 Å². The van der Waals surface area contributed by atoms with Gasteiger partial charge in [-0.2, -0.15) is 0 Å². The van der Waals surface area contributed by atoms with Gasteiger partial charge in [0.1, 0.15) is 34.6 Å². The average Bonchev–Trinajstić information content (AvgIpc) is 3.30. The summed E-state index contributed by atoms with van der Waals surface area (Å²) in [7, 11) is 1.52. The van der Waals surface area contributed by atoms with Crippen molar-refractivity contribution in [1.82, 2.24) is 4.90 Å². The number of unbranched alkanes of at least 4 members (excludes halogenated alkanes) is 2. The minimum Gasteiger partial charge on any atom is -0.496 e. The number of oxime groups is 1. The molecule has 0 radical (unpaired) electrons. The summed E-state index contributed by atoms with van der Waals surface area (Å²) in [6.45, 7) is 12.3. The monoisotopic (exact) mass is 888 g/mol. The van der Waals surface area contributed by atoms with E-state index < -0.39 is 29.4 Å². The summed E-state index contributed by atoms with van der Waals surface area (Å²) in [4.78, 5) is 34.8. The van der Waals surface area contributed by atoms with Crippen LogP contribution in [0.25, 0.3) is 10.8 Å². The first-order chi connectivity index (χ1) is 31.5. The molecule has 7 rings (SSSR count). The van der Waals surface area contributed by atoms with Crippen LogP contribution in [0.3, 0.4) is 0 Å². The summed E-state index contributed by atoms with van der Waals surface area (Å²) in [6.07, 6.45) is 8.89. The van der Waals surface area contributed by atoms with Gasteiger partial charge in [-0.15, -0.1) is 6.58 Å². The highest BCUT2D eigenvalue weighted by Crippen LogP contribution is 2.62. The summed E-state index contributed by atoms with van der Waals surface area (Å²) in [5.41, 5.74) is 3.17. The number of rotatable bonds is 20. The molecule has 1 saturated carbocycles. The van der Waals surface area contributed by atoms with Crippen molar-refractivity contribution in [2.75, 3.05) is 33.5 Å².